The maximum absolute atomic E-state index is 13.1. The first-order valence-electron chi connectivity index (χ1n) is 12.0. The minimum absolute atomic E-state index is 0.0705. The quantitative estimate of drug-likeness (QED) is 0.420. The van der Waals surface area contributed by atoms with Crippen molar-refractivity contribution in [3.05, 3.63) is 100 Å². The van der Waals surface area contributed by atoms with Gasteiger partial charge in [-0.25, -0.2) is 0 Å². The third kappa shape index (κ3) is 4.64. The van der Waals surface area contributed by atoms with Crippen LogP contribution >= 0.6 is 0 Å². The number of benzene rings is 3. The predicted octanol–water partition coefficient (Wildman–Crippen LogP) is 6.39. The summed E-state index contributed by atoms with van der Waals surface area (Å²) in [6.45, 7) is 8.77. The fourth-order valence-corrected chi connectivity index (χ4v) is 4.53. The van der Waals surface area contributed by atoms with Crippen LogP contribution in [0.25, 0.3) is 6.08 Å². The summed E-state index contributed by atoms with van der Waals surface area (Å²) in [5, 5.41) is 0. The van der Waals surface area contributed by atoms with Crippen LogP contribution in [0.2, 0.25) is 0 Å². The molecule has 0 spiro atoms. The minimum Gasteiger partial charge on any atom is -0.478 e. The Morgan fingerprint density at radius 3 is 2.47 bits per heavy atom. The minimum atomic E-state index is -0.0705. The molecular weight excluding hydrogens is 422 g/mol. The van der Waals surface area contributed by atoms with E-state index >= 15 is 0 Å². The van der Waals surface area contributed by atoms with Gasteiger partial charge in [0.25, 0.3) is 0 Å². The maximum Gasteiger partial charge on any atom is 0.231 e. The summed E-state index contributed by atoms with van der Waals surface area (Å²) in [6.07, 6.45) is 3.92. The molecular formula is C30H31NO3. The Morgan fingerprint density at radius 1 is 0.971 bits per heavy atom. The second kappa shape index (κ2) is 9.11. The van der Waals surface area contributed by atoms with Crippen molar-refractivity contribution in [1.29, 1.82) is 0 Å². The molecule has 2 aliphatic rings. The molecule has 0 amide bonds. The first-order valence-corrected chi connectivity index (χ1v) is 12.0. The highest BCUT2D eigenvalue weighted by Gasteiger charge is 2.33. The van der Waals surface area contributed by atoms with Crippen molar-refractivity contribution in [2.24, 2.45) is 0 Å². The molecule has 0 atom stereocenters. The zero-order valence-electron chi connectivity index (χ0n) is 20.1. The molecule has 2 heterocycles. The lowest BCUT2D eigenvalue weighted by molar-refractivity contribution is 0.0928. The molecule has 5 rings (SSSR count). The number of ketones is 1. The van der Waals surface area contributed by atoms with E-state index in [0.29, 0.717) is 30.3 Å². The molecule has 3 aromatic rings. The molecule has 0 unspecified atom stereocenters. The number of hydrogen-bond acceptors (Lipinski definition) is 4. The van der Waals surface area contributed by atoms with E-state index in [9.17, 15) is 4.79 Å². The highest BCUT2D eigenvalue weighted by atomic mass is 16.5. The molecule has 0 N–H and O–H groups in total. The molecule has 0 fully saturated rings. The molecule has 0 saturated carbocycles. The Labute approximate surface area is 201 Å². The topological polar surface area (TPSA) is 38.8 Å². The molecule has 4 heteroatoms. The second-order valence-corrected chi connectivity index (χ2v) is 10.1. The molecule has 34 heavy (non-hydrogen) atoms. The summed E-state index contributed by atoms with van der Waals surface area (Å²) in [6, 6.07) is 22.6. The molecule has 0 aromatic heterocycles. The van der Waals surface area contributed by atoms with Gasteiger partial charge in [-0.2, -0.15) is 0 Å². The number of aryl methyl sites for hydroxylation is 1. The molecule has 0 aliphatic carbocycles. The third-order valence-corrected chi connectivity index (χ3v) is 6.54. The Bertz CT molecular complexity index is 1220. The number of allylic oxidation sites excluding steroid dienone is 1. The molecule has 4 nitrogen and oxygen atoms in total. The van der Waals surface area contributed by atoms with E-state index in [0.717, 1.165) is 36.3 Å². The van der Waals surface area contributed by atoms with Gasteiger partial charge in [-0.1, -0.05) is 75.4 Å². The predicted molar refractivity (Wildman–Crippen MR) is 135 cm³/mol. The van der Waals surface area contributed by atoms with Crippen molar-refractivity contribution >= 4 is 11.9 Å². The summed E-state index contributed by atoms with van der Waals surface area (Å²) in [4.78, 5) is 15.3. The van der Waals surface area contributed by atoms with E-state index in [1.165, 1.54) is 11.1 Å². The average molecular weight is 454 g/mol. The van der Waals surface area contributed by atoms with Crippen LogP contribution in [0.3, 0.4) is 0 Å². The van der Waals surface area contributed by atoms with Gasteiger partial charge in [0, 0.05) is 13.1 Å². The Kier molecular flexibility index (Phi) is 6.01. The largest absolute Gasteiger partial charge is 0.478 e. The molecule has 0 radical (unpaired) electrons. The van der Waals surface area contributed by atoms with Crippen LogP contribution < -0.4 is 9.47 Å². The highest BCUT2D eigenvalue weighted by Crippen LogP contribution is 2.42. The summed E-state index contributed by atoms with van der Waals surface area (Å²) in [5.74, 6) is 1.75. The molecule has 3 aromatic carbocycles. The molecule has 174 valence electrons. The van der Waals surface area contributed by atoms with E-state index in [-0.39, 0.29) is 11.2 Å². The first kappa shape index (κ1) is 22.4. The van der Waals surface area contributed by atoms with Crippen LogP contribution in [-0.2, 0) is 18.4 Å². The normalized spacial score (nSPS) is 16.7. The van der Waals surface area contributed by atoms with Crippen molar-refractivity contribution in [2.75, 3.05) is 13.3 Å². The summed E-state index contributed by atoms with van der Waals surface area (Å²) in [7, 11) is 0. The van der Waals surface area contributed by atoms with Crippen LogP contribution in [0.15, 0.2) is 72.5 Å². The van der Waals surface area contributed by atoms with Gasteiger partial charge in [0.1, 0.15) is 18.2 Å². The molecule has 0 saturated heterocycles. The first-order chi connectivity index (χ1) is 16.4. The zero-order chi connectivity index (χ0) is 23.7. The van der Waals surface area contributed by atoms with E-state index in [1.54, 1.807) is 0 Å². The Morgan fingerprint density at radius 2 is 1.74 bits per heavy atom. The number of ether oxygens (including phenoxy) is 2. The van der Waals surface area contributed by atoms with Gasteiger partial charge >= 0.3 is 0 Å². The standard InChI is InChI=1S/C30H31NO3/c1-30(2,3)23-13-11-22(12-14-23)18-27-28(32)24-15-16-26-25(29(24)34-27)19-31(20-33-26)17-7-10-21-8-5-4-6-9-21/h4-6,8-9,11-16,18H,7,10,17,19-20H2,1-3H3/b27-18-. The van der Waals surface area contributed by atoms with Crippen molar-refractivity contribution < 1.29 is 14.3 Å². The van der Waals surface area contributed by atoms with E-state index in [4.69, 9.17) is 9.47 Å². The van der Waals surface area contributed by atoms with E-state index in [1.807, 2.05) is 36.4 Å². The monoisotopic (exact) mass is 453 g/mol. The molecule has 2 aliphatic heterocycles. The van der Waals surface area contributed by atoms with Crippen molar-refractivity contribution in [1.82, 2.24) is 4.90 Å². The van der Waals surface area contributed by atoms with Crippen LogP contribution in [0.4, 0.5) is 0 Å². The van der Waals surface area contributed by atoms with E-state index in [2.05, 4.69) is 62.1 Å². The van der Waals surface area contributed by atoms with Crippen LogP contribution in [0.1, 0.15) is 59.8 Å². The number of fused-ring (bicyclic) bond motifs is 3. The third-order valence-electron chi connectivity index (χ3n) is 6.54. The van der Waals surface area contributed by atoms with Crippen molar-refractivity contribution in [2.45, 2.75) is 45.6 Å². The number of carbonyl (C=O) groups is 1. The average Bonchev–Trinajstić information content (AvgIpc) is 3.15. The van der Waals surface area contributed by atoms with Crippen LogP contribution in [-0.4, -0.2) is 24.0 Å². The van der Waals surface area contributed by atoms with Crippen molar-refractivity contribution in [3.8, 4) is 11.5 Å². The number of Topliss-reactive ketones (excluding diaryl/α,β-unsaturated/α-hetero) is 1. The van der Waals surface area contributed by atoms with Gasteiger partial charge in [-0.05, 0) is 53.2 Å². The number of hydrogen-bond donors (Lipinski definition) is 0. The van der Waals surface area contributed by atoms with E-state index < -0.39 is 0 Å². The number of carbonyl (C=O) groups excluding carboxylic acids is 1. The van der Waals surface area contributed by atoms with Crippen LogP contribution in [0, 0.1) is 0 Å². The van der Waals surface area contributed by atoms with Gasteiger partial charge in [0.2, 0.25) is 5.78 Å². The number of rotatable bonds is 5. The van der Waals surface area contributed by atoms with Crippen molar-refractivity contribution in [3.63, 3.8) is 0 Å². The van der Waals surface area contributed by atoms with Gasteiger partial charge < -0.3 is 9.47 Å². The fourth-order valence-electron chi connectivity index (χ4n) is 4.53. The summed E-state index contributed by atoms with van der Waals surface area (Å²) < 4.78 is 12.2. The highest BCUT2D eigenvalue weighted by molar-refractivity contribution is 6.15. The number of nitrogens with zero attached hydrogens (tertiary/aromatic N) is 1. The van der Waals surface area contributed by atoms with Gasteiger partial charge in [0.05, 0.1) is 11.1 Å². The zero-order valence-corrected chi connectivity index (χ0v) is 20.1. The maximum atomic E-state index is 13.1. The lowest BCUT2D eigenvalue weighted by Gasteiger charge is -2.29. The van der Waals surface area contributed by atoms with Crippen LogP contribution in [0.5, 0.6) is 11.5 Å². The van der Waals surface area contributed by atoms with Gasteiger partial charge in [-0.3, -0.25) is 9.69 Å². The Balaban J connectivity index is 1.30. The summed E-state index contributed by atoms with van der Waals surface area (Å²) >= 11 is 0. The lowest BCUT2D eigenvalue weighted by Crippen LogP contribution is -2.33. The smallest absolute Gasteiger partial charge is 0.231 e. The molecule has 0 bridgehead atoms. The fraction of sp³-hybridized carbons (Fsp3) is 0.300. The van der Waals surface area contributed by atoms with Gasteiger partial charge in [-0.15, -0.1) is 0 Å². The second-order valence-electron chi connectivity index (χ2n) is 10.1. The lowest BCUT2D eigenvalue weighted by atomic mass is 9.86. The Hall–Kier alpha value is -3.37. The SMILES string of the molecule is CC(C)(C)c1ccc(/C=C2\Oc3c(ccc4c3CN(CCCc3ccccc3)CO4)C2=O)cc1. The van der Waals surface area contributed by atoms with Gasteiger partial charge in [0.15, 0.2) is 5.76 Å². The summed E-state index contributed by atoms with van der Waals surface area (Å²) in [5.41, 5.74) is 5.23.